The number of ether oxygens (including phenoxy) is 2. The summed E-state index contributed by atoms with van der Waals surface area (Å²) in [7, 11) is 0. The van der Waals surface area contributed by atoms with Gasteiger partial charge in [0.05, 0.1) is 0 Å². The van der Waals surface area contributed by atoms with Crippen molar-refractivity contribution in [2.45, 2.75) is 91.6 Å². The second-order valence-corrected chi connectivity index (χ2v) is 8.69. The minimum absolute atomic E-state index is 0.162. The Labute approximate surface area is 164 Å². The van der Waals surface area contributed by atoms with Crippen LogP contribution in [-0.2, 0) is 11.2 Å². The molecule has 0 amide bonds. The Balaban J connectivity index is 1.78. The van der Waals surface area contributed by atoms with E-state index in [0.717, 1.165) is 47.6 Å². The summed E-state index contributed by atoms with van der Waals surface area (Å²) in [6.45, 7) is 9.81. The molecule has 0 unspecified atom stereocenters. The van der Waals surface area contributed by atoms with Gasteiger partial charge in [-0.15, -0.1) is 0 Å². The smallest absolute Gasteiger partial charge is 0.308 e. The van der Waals surface area contributed by atoms with Crippen LogP contribution in [0.15, 0.2) is 12.2 Å². The maximum Gasteiger partial charge on any atom is 0.308 e. The fourth-order valence-corrected chi connectivity index (χ4v) is 4.56. The van der Waals surface area contributed by atoms with Crippen molar-refractivity contribution in [3.8, 4) is 11.5 Å². The number of benzene rings is 1. The first kappa shape index (κ1) is 20.0. The van der Waals surface area contributed by atoms with E-state index in [9.17, 15) is 4.79 Å². The molecule has 0 N–H and O–H groups in total. The molecule has 0 saturated heterocycles. The topological polar surface area (TPSA) is 35.5 Å². The molecule has 1 aromatic rings. The van der Waals surface area contributed by atoms with Crippen molar-refractivity contribution in [1.82, 2.24) is 0 Å². The van der Waals surface area contributed by atoms with E-state index in [4.69, 9.17) is 9.47 Å². The summed E-state index contributed by atoms with van der Waals surface area (Å²) in [5, 5.41) is 0. The summed E-state index contributed by atoms with van der Waals surface area (Å²) in [5.74, 6) is 2.20. The molecule has 1 heterocycles. The quantitative estimate of drug-likeness (QED) is 0.362. The predicted molar refractivity (Wildman–Crippen MR) is 110 cm³/mol. The van der Waals surface area contributed by atoms with Gasteiger partial charge < -0.3 is 9.47 Å². The lowest BCUT2D eigenvalue weighted by Crippen LogP contribution is -2.36. The summed E-state index contributed by atoms with van der Waals surface area (Å²) >= 11 is 0. The molecule has 3 nitrogen and oxygen atoms in total. The van der Waals surface area contributed by atoms with Crippen molar-refractivity contribution in [2.24, 2.45) is 5.92 Å². The molecule has 1 atom stereocenters. The normalized spacial score (nSPS) is 23.1. The third kappa shape index (κ3) is 4.39. The van der Waals surface area contributed by atoms with E-state index < -0.39 is 0 Å². The zero-order chi connectivity index (χ0) is 19.6. The number of allylic oxidation sites excluding steroid dienone is 1. The molecule has 1 aliphatic carbocycles. The Kier molecular flexibility index (Phi) is 5.98. The molecule has 1 saturated carbocycles. The molecular weight excluding hydrogens is 336 g/mol. The molecular formula is C24H34O3. The number of fused-ring (bicyclic) bond motifs is 1. The Morgan fingerprint density at radius 1 is 1.15 bits per heavy atom. The van der Waals surface area contributed by atoms with Gasteiger partial charge in [0.25, 0.3) is 0 Å². The van der Waals surface area contributed by atoms with E-state index in [1.165, 1.54) is 44.6 Å². The third-order valence-electron chi connectivity index (χ3n) is 6.42. The number of carbonyl (C=O) groups is 1. The Morgan fingerprint density at radius 3 is 2.52 bits per heavy atom. The van der Waals surface area contributed by atoms with Gasteiger partial charge in [-0.1, -0.05) is 31.4 Å². The maximum atomic E-state index is 11.5. The molecule has 1 aromatic carbocycles. The maximum absolute atomic E-state index is 11.5. The summed E-state index contributed by atoms with van der Waals surface area (Å²) < 4.78 is 12.1. The molecule has 0 aromatic heterocycles. The van der Waals surface area contributed by atoms with Gasteiger partial charge >= 0.3 is 5.97 Å². The monoisotopic (exact) mass is 370 g/mol. The van der Waals surface area contributed by atoms with Crippen molar-refractivity contribution < 1.29 is 14.3 Å². The lowest BCUT2D eigenvalue weighted by molar-refractivity contribution is -0.132. The van der Waals surface area contributed by atoms with Crippen LogP contribution in [-0.4, -0.2) is 11.6 Å². The van der Waals surface area contributed by atoms with Gasteiger partial charge in [0.1, 0.15) is 17.1 Å². The Bertz CT molecular complexity index is 741. The standard InChI is InChI=1S/C24H34O3/c1-16-17(2)23-21(18(3)22(16)26-19(4)25)13-15-24(5,27-23)14-9-12-20-10-7-6-8-11-20/h9,12,20H,6-8,10-11,13-15H2,1-5H3/b12-9+/t24-/m1/s1. The van der Waals surface area contributed by atoms with Gasteiger partial charge in [-0.3, -0.25) is 4.79 Å². The highest BCUT2D eigenvalue weighted by molar-refractivity contribution is 5.72. The summed E-state index contributed by atoms with van der Waals surface area (Å²) in [4.78, 5) is 11.5. The van der Waals surface area contributed by atoms with Gasteiger partial charge in [-0.2, -0.15) is 0 Å². The molecule has 148 valence electrons. The second kappa shape index (κ2) is 8.08. The predicted octanol–water partition coefficient (Wildman–Crippen LogP) is 6.15. The SMILES string of the molecule is CC(=O)Oc1c(C)c(C)c2c(c1C)CC[C@@](C)(C/C=C/C1CCCCC1)O2. The fourth-order valence-electron chi connectivity index (χ4n) is 4.56. The lowest BCUT2D eigenvalue weighted by Gasteiger charge is -2.37. The molecule has 27 heavy (non-hydrogen) atoms. The highest BCUT2D eigenvalue weighted by Gasteiger charge is 2.34. The zero-order valence-electron chi connectivity index (χ0n) is 17.6. The van der Waals surface area contributed by atoms with Crippen molar-refractivity contribution >= 4 is 5.97 Å². The van der Waals surface area contributed by atoms with Crippen molar-refractivity contribution in [2.75, 3.05) is 0 Å². The number of hydrogen-bond donors (Lipinski definition) is 0. The van der Waals surface area contributed by atoms with Crippen molar-refractivity contribution in [3.63, 3.8) is 0 Å². The average molecular weight is 371 g/mol. The summed E-state index contributed by atoms with van der Waals surface area (Å²) in [5.41, 5.74) is 4.17. The van der Waals surface area contributed by atoms with Gasteiger partial charge in [0, 0.05) is 18.9 Å². The Hall–Kier alpha value is -1.77. The van der Waals surface area contributed by atoms with E-state index in [1.54, 1.807) is 0 Å². The van der Waals surface area contributed by atoms with Crippen molar-refractivity contribution in [3.05, 3.63) is 34.4 Å². The third-order valence-corrected chi connectivity index (χ3v) is 6.42. The highest BCUT2D eigenvalue weighted by Crippen LogP contribution is 2.44. The molecule has 1 aliphatic heterocycles. The van der Waals surface area contributed by atoms with E-state index in [-0.39, 0.29) is 11.6 Å². The molecule has 0 spiro atoms. The molecule has 1 fully saturated rings. The molecule has 3 heteroatoms. The van der Waals surface area contributed by atoms with Crippen LogP contribution in [0.4, 0.5) is 0 Å². The molecule has 2 aliphatic rings. The first-order valence-corrected chi connectivity index (χ1v) is 10.5. The van der Waals surface area contributed by atoms with Gasteiger partial charge in [0.15, 0.2) is 0 Å². The van der Waals surface area contributed by atoms with Crippen molar-refractivity contribution in [1.29, 1.82) is 0 Å². The van der Waals surface area contributed by atoms with Crippen LogP contribution in [0.2, 0.25) is 0 Å². The number of rotatable bonds is 4. The number of hydrogen-bond acceptors (Lipinski definition) is 3. The van der Waals surface area contributed by atoms with Crippen LogP contribution in [0.25, 0.3) is 0 Å². The van der Waals surface area contributed by atoms with Crippen LogP contribution < -0.4 is 9.47 Å². The number of esters is 1. The minimum atomic E-state index is -0.269. The lowest BCUT2D eigenvalue weighted by atomic mass is 9.84. The van der Waals surface area contributed by atoms with Crippen LogP contribution in [0.5, 0.6) is 11.5 Å². The minimum Gasteiger partial charge on any atom is -0.487 e. The van der Waals surface area contributed by atoms with Gasteiger partial charge in [-0.05, 0) is 76.0 Å². The van der Waals surface area contributed by atoms with E-state index >= 15 is 0 Å². The molecule has 3 rings (SSSR count). The summed E-state index contributed by atoms with van der Waals surface area (Å²) in [6, 6.07) is 0. The second-order valence-electron chi connectivity index (χ2n) is 8.69. The first-order valence-electron chi connectivity index (χ1n) is 10.5. The van der Waals surface area contributed by atoms with Crippen LogP contribution >= 0.6 is 0 Å². The van der Waals surface area contributed by atoms with Crippen LogP contribution in [0.1, 0.15) is 81.0 Å². The average Bonchev–Trinajstić information content (AvgIpc) is 2.64. The molecule has 0 bridgehead atoms. The summed E-state index contributed by atoms with van der Waals surface area (Å²) in [6.07, 6.45) is 14.5. The van der Waals surface area contributed by atoms with Crippen LogP contribution in [0, 0.1) is 26.7 Å². The van der Waals surface area contributed by atoms with E-state index in [0.29, 0.717) is 5.75 Å². The zero-order valence-corrected chi connectivity index (χ0v) is 17.6. The highest BCUT2D eigenvalue weighted by atomic mass is 16.5. The fraction of sp³-hybridized carbons (Fsp3) is 0.625. The van der Waals surface area contributed by atoms with E-state index in [2.05, 4.69) is 26.0 Å². The first-order chi connectivity index (χ1) is 12.8. The number of carbonyl (C=O) groups excluding carboxylic acids is 1. The van der Waals surface area contributed by atoms with Gasteiger partial charge in [0.2, 0.25) is 0 Å². The van der Waals surface area contributed by atoms with Crippen LogP contribution in [0.3, 0.4) is 0 Å². The van der Waals surface area contributed by atoms with Gasteiger partial charge in [-0.25, -0.2) is 0 Å². The Morgan fingerprint density at radius 2 is 1.85 bits per heavy atom. The largest absolute Gasteiger partial charge is 0.487 e. The van der Waals surface area contributed by atoms with E-state index in [1.807, 2.05) is 13.8 Å². The molecule has 0 radical (unpaired) electrons.